The average molecular weight is 398 g/mol. The topological polar surface area (TPSA) is 46.9 Å². The molecule has 4 aromatic rings. The van der Waals surface area contributed by atoms with E-state index in [2.05, 4.69) is 48.0 Å². The van der Waals surface area contributed by atoms with Crippen LogP contribution in [0.25, 0.3) is 11.0 Å². The van der Waals surface area contributed by atoms with Gasteiger partial charge in [0.2, 0.25) is 0 Å². The summed E-state index contributed by atoms with van der Waals surface area (Å²) in [6.07, 6.45) is 0. The Labute approximate surface area is 177 Å². The zero-order chi connectivity index (χ0) is 21.3. The summed E-state index contributed by atoms with van der Waals surface area (Å²) in [6, 6.07) is 20.5. The van der Waals surface area contributed by atoms with Crippen LogP contribution in [0.15, 0.2) is 60.7 Å². The molecule has 1 N–H and O–H groups in total. The molecule has 1 amide bonds. The van der Waals surface area contributed by atoms with Crippen LogP contribution < -0.4 is 5.32 Å². The first-order chi connectivity index (χ1) is 14.4. The molecule has 0 aliphatic heterocycles. The lowest BCUT2D eigenvalue weighted by atomic mass is 10.1. The Morgan fingerprint density at radius 2 is 1.63 bits per heavy atom. The highest BCUT2D eigenvalue weighted by Crippen LogP contribution is 2.20. The number of nitrogens with one attached hydrogen (secondary N) is 1. The third kappa shape index (κ3) is 3.99. The van der Waals surface area contributed by atoms with Gasteiger partial charge in [0.15, 0.2) is 0 Å². The van der Waals surface area contributed by atoms with E-state index in [0.717, 1.165) is 34.5 Å². The van der Waals surface area contributed by atoms with Crippen molar-refractivity contribution in [1.29, 1.82) is 0 Å². The Morgan fingerprint density at radius 1 is 0.900 bits per heavy atom. The maximum Gasteiger partial charge on any atom is 0.251 e. The summed E-state index contributed by atoms with van der Waals surface area (Å²) >= 11 is 0. The lowest BCUT2D eigenvalue weighted by Gasteiger charge is -2.13. The Morgan fingerprint density at radius 3 is 2.43 bits per heavy atom. The standard InChI is InChI=1S/C26H27N3O/c1-17-10-12-22(20(4)13-17)26(30)27-15-25-28-23-7-5-6-8-24(23)29(25)16-21-14-18(2)9-11-19(21)3/h5-14H,15-16H2,1-4H3,(H,27,30). The third-order valence-electron chi connectivity index (χ3n) is 5.60. The van der Waals surface area contributed by atoms with Crippen LogP contribution in [-0.4, -0.2) is 15.5 Å². The summed E-state index contributed by atoms with van der Waals surface area (Å²) in [5, 5.41) is 3.07. The molecule has 0 spiro atoms. The molecule has 4 nitrogen and oxygen atoms in total. The van der Waals surface area contributed by atoms with Crippen molar-refractivity contribution >= 4 is 16.9 Å². The minimum absolute atomic E-state index is 0.0714. The number of nitrogens with zero attached hydrogens (tertiary/aromatic N) is 2. The molecule has 1 heterocycles. The number of para-hydroxylation sites is 2. The van der Waals surface area contributed by atoms with E-state index in [1.165, 1.54) is 16.7 Å². The first kappa shape index (κ1) is 19.9. The van der Waals surface area contributed by atoms with Crippen LogP contribution in [0.1, 0.15) is 44.0 Å². The first-order valence-corrected chi connectivity index (χ1v) is 10.3. The number of hydrogen-bond acceptors (Lipinski definition) is 2. The predicted octanol–water partition coefficient (Wildman–Crippen LogP) is 5.25. The zero-order valence-corrected chi connectivity index (χ0v) is 18.0. The highest BCUT2D eigenvalue weighted by atomic mass is 16.1. The molecule has 0 aliphatic carbocycles. The van der Waals surface area contributed by atoms with Gasteiger partial charge in [-0.1, -0.05) is 53.6 Å². The fourth-order valence-corrected chi connectivity index (χ4v) is 3.90. The van der Waals surface area contributed by atoms with E-state index in [-0.39, 0.29) is 5.91 Å². The predicted molar refractivity (Wildman–Crippen MR) is 122 cm³/mol. The molecule has 3 aromatic carbocycles. The molecule has 0 saturated carbocycles. The van der Waals surface area contributed by atoms with Gasteiger partial charge in [0, 0.05) is 12.1 Å². The Balaban J connectivity index is 1.64. The fourth-order valence-electron chi connectivity index (χ4n) is 3.90. The number of rotatable bonds is 5. The number of imidazole rings is 1. The molecule has 4 rings (SSSR count). The van der Waals surface area contributed by atoms with Gasteiger partial charge in [-0.25, -0.2) is 4.98 Å². The summed E-state index contributed by atoms with van der Waals surface area (Å²) in [6.45, 7) is 9.35. The minimum Gasteiger partial charge on any atom is -0.345 e. The van der Waals surface area contributed by atoms with Crippen molar-refractivity contribution in [2.45, 2.75) is 40.8 Å². The molecule has 0 atom stereocenters. The molecule has 152 valence electrons. The molecular formula is C26H27N3O. The third-order valence-corrected chi connectivity index (χ3v) is 5.60. The van der Waals surface area contributed by atoms with Crippen molar-refractivity contribution < 1.29 is 4.79 Å². The highest BCUT2D eigenvalue weighted by molar-refractivity contribution is 5.95. The van der Waals surface area contributed by atoms with E-state index < -0.39 is 0 Å². The molecule has 0 fully saturated rings. The fraction of sp³-hybridized carbons (Fsp3) is 0.231. The molecular weight excluding hydrogens is 370 g/mol. The van der Waals surface area contributed by atoms with Gasteiger partial charge in [-0.3, -0.25) is 4.79 Å². The molecule has 0 unspecified atom stereocenters. The number of fused-ring (bicyclic) bond motifs is 1. The molecule has 4 heteroatoms. The Kier molecular flexibility index (Phi) is 5.40. The number of carbonyl (C=O) groups is 1. The van der Waals surface area contributed by atoms with Gasteiger partial charge in [0.05, 0.1) is 17.6 Å². The monoisotopic (exact) mass is 397 g/mol. The van der Waals surface area contributed by atoms with E-state index in [1.807, 2.05) is 50.2 Å². The summed E-state index contributed by atoms with van der Waals surface area (Å²) in [7, 11) is 0. The van der Waals surface area contributed by atoms with E-state index in [1.54, 1.807) is 0 Å². The Hall–Kier alpha value is -3.40. The lowest BCUT2D eigenvalue weighted by Crippen LogP contribution is -2.25. The summed E-state index contributed by atoms with van der Waals surface area (Å²) in [5.74, 6) is 0.785. The molecule has 0 aliphatic rings. The van der Waals surface area contributed by atoms with Crippen molar-refractivity contribution in [2.75, 3.05) is 0 Å². The van der Waals surface area contributed by atoms with Crippen molar-refractivity contribution in [2.24, 2.45) is 0 Å². The maximum absolute atomic E-state index is 12.8. The quantitative estimate of drug-likeness (QED) is 0.500. The number of amides is 1. The number of aromatic nitrogens is 2. The largest absolute Gasteiger partial charge is 0.345 e. The van der Waals surface area contributed by atoms with Crippen LogP contribution in [0, 0.1) is 27.7 Å². The molecule has 0 radical (unpaired) electrons. The molecule has 30 heavy (non-hydrogen) atoms. The average Bonchev–Trinajstić information content (AvgIpc) is 3.06. The highest BCUT2D eigenvalue weighted by Gasteiger charge is 2.14. The number of hydrogen-bond donors (Lipinski definition) is 1. The second kappa shape index (κ2) is 8.15. The van der Waals surface area contributed by atoms with E-state index in [0.29, 0.717) is 12.1 Å². The van der Waals surface area contributed by atoms with Crippen molar-refractivity contribution in [3.63, 3.8) is 0 Å². The minimum atomic E-state index is -0.0714. The van der Waals surface area contributed by atoms with Crippen LogP contribution in [0.5, 0.6) is 0 Å². The second-order valence-electron chi connectivity index (χ2n) is 8.03. The molecule has 1 aromatic heterocycles. The smallest absolute Gasteiger partial charge is 0.251 e. The summed E-state index contributed by atoms with van der Waals surface area (Å²) in [5.41, 5.74) is 8.62. The van der Waals surface area contributed by atoms with Gasteiger partial charge < -0.3 is 9.88 Å². The molecule has 0 bridgehead atoms. The van der Waals surface area contributed by atoms with E-state index in [9.17, 15) is 4.79 Å². The zero-order valence-electron chi connectivity index (χ0n) is 18.0. The number of carbonyl (C=O) groups excluding carboxylic acids is 1. The number of aryl methyl sites for hydroxylation is 4. The van der Waals surface area contributed by atoms with Crippen molar-refractivity contribution in [3.8, 4) is 0 Å². The van der Waals surface area contributed by atoms with Crippen LogP contribution in [0.4, 0.5) is 0 Å². The first-order valence-electron chi connectivity index (χ1n) is 10.3. The van der Waals surface area contributed by atoms with E-state index in [4.69, 9.17) is 4.98 Å². The van der Waals surface area contributed by atoms with Gasteiger partial charge in [0.25, 0.3) is 5.91 Å². The molecule has 0 saturated heterocycles. The SMILES string of the molecule is Cc1ccc(C(=O)NCc2nc3ccccc3n2Cc2cc(C)ccc2C)c(C)c1. The van der Waals surface area contributed by atoms with Crippen molar-refractivity contribution in [1.82, 2.24) is 14.9 Å². The van der Waals surface area contributed by atoms with Gasteiger partial charge in [0.1, 0.15) is 5.82 Å². The normalized spacial score (nSPS) is 11.1. The van der Waals surface area contributed by atoms with E-state index >= 15 is 0 Å². The number of benzene rings is 3. The van der Waals surface area contributed by atoms with Crippen LogP contribution in [0.2, 0.25) is 0 Å². The van der Waals surface area contributed by atoms with Crippen LogP contribution in [0.3, 0.4) is 0 Å². The maximum atomic E-state index is 12.8. The van der Waals surface area contributed by atoms with Crippen molar-refractivity contribution in [3.05, 3.63) is 99.9 Å². The lowest BCUT2D eigenvalue weighted by molar-refractivity contribution is 0.0949. The van der Waals surface area contributed by atoms with Gasteiger partial charge in [-0.2, -0.15) is 0 Å². The van der Waals surface area contributed by atoms with Crippen LogP contribution >= 0.6 is 0 Å². The summed E-state index contributed by atoms with van der Waals surface area (Å²) in [4.78, 5) is 17.6. The van der Waals surface area contributed by atoms with Crippen LogP contribution in [-0.2, 0) is 13.1 Å². The van der Waals surface area contributed by atoms with Gasteiger partial charge in [-0.15, -0.1) is 0 Å². The second-order valence-corrected chi connectivity index (χ2v) is 8.03. The van der Waals surface area contributed by atoms with Gasteiger partial charge in [-0.05, 0) is 62.6 Å². The van der Waals surface area contributed by atoms with Gasteiger partial charge >= 0.3 is 0 Å². The summed E-state index contributed by atoms with van der Waals surface area (Å²) < 4.78 is 2.21. The Bertz CT molecular complexity index is 1240.